The van der Waals surface area contributed by atoms with Crippen LogP contribution in [-0.4, -0.2) is 83.2 Å². The SMILES string of the molecule is NC[C@H](CCCCNC(=O)c1cccc(O)c1O)N1C(=O)c2c(ccc(O)c2O)[C@@H](c2c[nH]c3ccccc23)[C@]1(O)C(=O)O. The third kappa shape index (κ3) is 4.91. The highest BCUT2D eigenvalue weighted by Crippen LogP contribution is 2.50. The zero-order valence-electron chi connectivity index (χ0n) is 23.4. The lowest BCUT2D eigenvalue weighted by molar-refractivity contribution is -0.185. The molecule has 10 N–H and O–H groups in total. The fourth-order valence-electron chi connectivity index (χ4n) is 5.95. The van der Waals surface area contributed by atoms with Crippen LogP contribution in [0.1, 0.15) is 57.0 Å². The topological polar surface area (TPSA) is 230 Å². The summed E-state index contributed by atoms with van der Waals surface area (Å²) in [5.74, 6) is -7.06. The minimum absolute atomic E-state index is 0.0184. The van der Waals surface area contributed by atoms with Crippen molar-refractivity contribution in [1.29, 1.82) is 0 Å². The molecule has 1 aliphatic heterocycles. The summed E-state index contributed by atoms with van der Waals surface area (Å²) in [7, 11) is 0. The molecule has 0 bridgehead atoms. The predicted molar refractivity (Wildman–Crippen MR) is 157 cm³/mol. The van der Waals surface area contributed by atoms with Gasteiger partial charge in [-0.1, -0.05) is 30.3 Å². The van der Waals surface area contributed by atoms with E-state index in [2.05, 4.69) is 10.3 Å². The van der Waals surface area contributed by atoms with E-state index in [0.29, 0.717) is 29.3 Å². The van der Waals surface area contributed by atoms with E-state index in [1.54, 1.807) is 24.3 Å². The number of aromatic nitrogens is 1. The van der Waals surface area contributed by atoms with E-state index >= 15 is 0 Å². The first-order chi connectivity index (χ1) is 21.0. The molecule has 230 valence electrons. The molecule has 1 aliphatic rings. The average Bonchev–Trinajstić information content (AvgIpc) is 3.42. The van der Waals surface area contributed by atoms with Gasteiger partial charge < -0.3 is 46.7 Å². The molecule has 1 aromatic heterocycles. The number of nitrogens with one attached hydrogen (secondary N) is 2. The Bertz CT molecular complexity index is 1750. The molecule has 0 radical (unpaired) electrons. The summed E-state index contributed by atoms with van der Waals surface area (Å²) in [6, 6.07) is 12.4. The van der Waals surface area contributed by atoms with E-state index in [0.717, 1.165) is 11.0 Å². The number of nitrogens with two attached hydrogens (primary N) is 1. The number of aliphatic hydroxyl groups is 1. The molecule has 0 unspecified atom stereocenters. The number of carboxylic acids is 1. The molecule has 0 aliphatic carbocycles. The number of aliphatic carboxylic acids is 1. The molecule has 13 heteroatoms. The summed E-state index contributed by atoms with van der Waals surface area (Å²) in [5, 5.41) is 66.5. The largest absolute Gasteiger partial charge is 0.504 e. The normalized spacial score (nSPS) is 18.6. The summed E-state index contributed by atoms with van der Waals surface area (Å²) >= 11 is 0. The molecule has 3 atom stereocenters. The van der Waals surface area contributed by atoms with Crippen molar-refractivity contribution in [3.63, 3.8) is 0 Å². The number of carbonyl (C=O) groups is 3. The van der Waals surface area contributed by atoms with Gasteiger partial charge in [0.1, 0.15) is 0 Å². The standard InChI is InChI=1S/C31H32N4O9/c32-14-16(6-3-4-13-33-28(40)19-8-5-10-22(36)26(19)38)35-29(41)24-18(11-12-23(37)27(24)39)25(31(35,44)30(42)43)20-15-34-21-9-2-1-7-17(20)21/h1-2,5,7-12,15-16,25,34,36-39,44H,3-4,6,13-14,32H2,(H,33,40)(H,42,43)/t16-,25-,31-/m0/s1. The van der Waals surface area contributed by atoms with Gasteiger partial charge >= 0.3 is 5.97 Å². The maximum absolute atomic E-state index is 14.0. The fraction of sp³-hybridized carbons (Fsp3) is 0.258. The molecule has 0 saturated heterocycles. The molecular formula is C31H32N4O9. The number of fused-ring (bicyclic) bond motifs is 2. The number of para-hydroxylation sites is 2. The molecule has 0 spiro atoms. The van der Waals surface area contributed by atoms with Gasteiger partial charge in [-0.15, -0.1) is 0 Å². The van der Waals surface area contributed by atoms with Gasteiger partial charge in [-0.2, -0.15) is 0 Å². The number of H-pyrrole nitrogens is 1. The van der Waals surface area contributed by atoms with Gasteiger partial charge in [-0.05, 0) is 54.7 Å². The number of aromatic amines is 1. The number of hydrogen-bond donors (Lipinski definition) is 9. The van der Waals surface area contributed by atoms with Crippen LogP contribution in [0.25, 0.3) is 10.9 Å². The number of phenolic OH excluding ortho intramolecular Hbond substituents is 4. The summed E-state index contributed by atoms with van der Waals surface area (Å²) in [5.41, 5.74) is 3.78. The number of rotatable bonds is 10. The van der Waals surface area contributed by atoms with Crippen LogP contribution in [0.5, 0.6) is 23.0 Å². The molecule has 4 aromatic rings. The van der Waals surface area contributed by atoms with Crippen LogP contribution in [-0.2, 0) is 4.79 Å². The molecular weight excluding hydrogens is 572 g/mol. The molecule has 3 aromatic carbocycles. The van der Waals surface area contributed by atoms with E-state index in [-0.39, 0.29) is 36.2 Å². The highest BCUT2D eigenvalue weighted by atomic mass is 16.4. The Kier molecular flexibility index (Phi) is 8.09. The van der Waals surface area contributed by atoms with Crippen molar-refractivity contribution in [2.75, 3.05) is 13.1 Å². The van der Waals surface area contributed by atoms with Crippen molar-refractivity contribution in [3.05, 3.63) is 83.0 Å². The minimum Gasteiger partial charge on any atom is -0.504 e. The number of benzene rings is 3. The molecule has 2 heterocycles. The number of phenols is 4. The maximum Gasteiger partial charge on any atom is 0.358 e. The van der Waals surface area contributed by atoms with Gasteiger partial charge in [-0.3, -0.25) is 14.5 Å². The van der Waals surface area contributed by atoms with Crippen molar-refractivity contribution >= 4 is 28.7 Å². The van der Waals surface area contributed by atoms with E-state index < -0.39 is 58.5 Å². The third-order valence-electron chi connectivity index (χ3n) is 8.10. The quantitative estimate of drug-likeness (QED) is 0.0947. The van der Waals surface area contributed by atoms with Gasteiger partial charge in [0.05, 0.1) is 17.0 Å². The Morgan fingerprint density at radius 2 is 1.68 bits per heavy atom. The molecule has 0 saturated carbocycles. The van der Waals surface area contributed by atoms with Crippen LogP contribution in [0, 0.1) is 0 Å². The highest BCUT2D eigenvalue weighted by molar-refractivity contribution is 6.05. The third-order valence-corrected chi connectivity index (χ3v) is 8.10. The Labute approximate surface area is 250 Å². The van der Waals surface area contributed by atoms with Crippen LogP contribution in [0.3, 0.4) is 0 Å². The van der Waals surface area contributed by atoms with E-state index in [9.17, 15) is 45.0 Å². The van der Waals surface area contributed by atoms with Gasteiger partial charge in [0.15, 0.2) is 23.0 Å². The maximum atomic E-state index is 14.0. The Hall–Kier alpha value is -5.27. The van der Waals surface area contributed by atoms with Crippen molar-refractivity contribution < 1.29 is 45.0 Å². The second-order valence-corrected chi connectivity index (χ2v) is 10.6. The Balaban J connectivity index is 1.45. The van der Waals surface area contributed by atoms with Gasteiger partial charge in [0, 0.05) is 36.2 Å². The highest BCUT2D eigenvalue weighted by Gasteiger charge is 2.60. The Morgan fingerprint density at radius 1 is 0.955 bits per heavy atom. The fourth-order valence-corrected chi connectivity index (χ4v) is 5.95. The molecule has 2 amide bonds. The van der Waals surface area contributed by atoms with Crippen molar-refractivity contribution in [1.82, 2.24) is 15.2 Å². The number of carboxylic acid groups (broad SMARTS) is 1. The molecule has 13 nitrogen and oxygen atoms in total. The van der Waals surface area contributed by atoms with Crippen LogP contribution in [0.15, 0.2) is 60.8 Å². The lowest BCUT2D eigenvalue weighted by atomic mass is 9.74. The molecule has 0 fully saturated rings. The van der Waals surface area contributed by atoms with E-state index in [1.165, 1.54) is 30.5 Å². The second kappa shape index (κ2) is 11.8. The lowest BCUT2D eigenvalue weighted by Crippen LogP contribution is -2.67. The van der Waals surface area contributed by atoms with E-state index in [1.807, 2.05) is 0 Å². The summed E-state index contributed by atoms with van der Waals surface area (Å²) < 4.78 is 0. The van der Waals surface area contributed by atoms with Gasteiger partial charge in [0.2, 0.25) is 0 Å². The van der Waals surface area contributed by atoms with Crippen LogP contribution >= 0.6 is 0 Å². The van der Waals surface area contributed by atoms with Crippen LogP contribution in [0.4, 0.5) is 0 Å². The number of hydrogen-bond acceptors (Lipinski definition) is 9. The summed E-state index contributed by atoms with van der Waals surface area (Å²) in [4.78, 5) is 43.2. The van der Waals surface area contributed by atoms with Crippen LogP contribution in [0.2, 0.25) is 0 Å². The van der Waals surface area contributed by atoms with E-state index in [4.69, 9.17) is 5.73 Å². The zero-order valence-corrected chi connectivity index (χ0v) is 23.4. The predicted octanol–water partition coefficient (Wildman–Crippen LogP) is 2.28. The lowest BCUT2D eigenvalue weighted by Gasteiger charge is -2.49. The minimum atomic E-state index is -2.84. The van der Waals surface area contributed by atoms with Crippen molar-refractivity contribution in [3.8, 4) is 23.0 Å². The number of nitrogens with zero attached hydrogens (tertiary/aromatic N) is 1. The summed E-state index contributed by atoms with van der Waals surface area (Å²) in [6.45, 7) is -0.113. The number of carbonyl (C=O) groups excluding carboxylic acids is 2. The van der Waals surface area contributed by atoms with Crippen LogP contribution < -0.4 is 11.1 Å². The molecule has 5 rings (SSSR count). The molecule has 44 heavy (non-hydrogen) atoms. The van der Waals surface area contributed by atoms with Crippen molar-refractivity contribution in [2.45, 2.75) is 36.9 Å². The first kappa shape index (κ1) is 30.2. The first-order valence-corrected chi connectivity index (χ1v) is 13.9. The Morgan fingerprint density at radius 3 is 2.41 bits per heavy atom. The number of unbranched alkanes of at least 4 members (excludes halogenated alkanes) is 1. The monoisotopic (exact) mass is 604 g/mol. The first-order valence-electron chi connectivity index (χ1n) is 13.9. The average molecular weight is 605 g/mol. The van der Waals surface area contributed by atoms with Crippen molar-refractivity contribution in [2.24, 2.45) is 5.73 Å². The zero-order chi connectivity index (χ0) is 31.8. The summed E-state index contributed by atoms with van der Waals surface area (Å²) in [6.07, 6.45) is 2.32. The second-order valence-electron chi connectivity index (χ2n) is 10.6. The number of amides is 2. The smallest absolute Gasteiger partial charge is 0.358 e. The van der Waals surface area contributed by atoms with Gasteiger partial charge in [0.25, 0.3) is 17.5 Å². The van der Waals surface area contributed by atoms with Gasteiger partial charge in [-0.25, -0.2) is 4.79 Å². The number of aromatic hydroxyl groups is 4.